The summed E-state index contributed by atoms with van der Waals surface area (Å²) in [6.07, 6.45) is 1.58. The van der Waals surface area contributed by atoms with E-state index in [9.17, 15) is 4.39 Å². The first-order valence-corrected chi connectivity index (χ1v) is 4.13. The van der Waals surface area contributed by atoms with Crippen LogP contribution in [0.4, 0.5) is 4.39 Å². The largest absolute Gasteiger partial charge is 0.207 e. The Kier molecular flexibility index (Phi) is 1.88. The van der Waals surface area contributed by atoms with Crippen LogP contribution in [0, 0.1) is 12.7 Å². The van der Waals surface area contributed by atoms with Gasteiger partial charge in [-0.2, -0.15) is 5.10 Å². The van der Waals surface area contributed by atoms with Crippen LogP contribution in [0.25, 0.3) is 10.8 Å². The smallest absolute Gasteiger partial charge is 0.159 e. The van der Waals surface area contributed by atoms with Gasteiger partial charge in [-0.25, -0.2) is 4.39 Å². The predicted molar refractivity (Wildman–Crippen MR) is 49.2 cm³/mol. The summed E-state index contributed by atoms with van der Waals surface area (Å²) in [6, 6.07) is 2.81. The number of rotatable bonds is 0. The van der Waals surface area contributed by atoms with Crippen LogP contribution in [-0.4, -0.2) is 10.2 Å². The standard InChI is InChI=1S/C9H6ClFN2/c1-5-2-6(11)3-7-8(5)4-12-13-9(7)10/h2-4H,1H3. The second-order valence-corrected chi connectivity index (χ2v) is 3.18. The van der Waals surface area contributed by atoms with Gasteiger partial charge in [0.15, 0.2) is 5.15 Å². The number of nitrogens with zero attached hydrogens (tertiary/aromatic N) is 2. The molecule has 66 valence electrons. The van der Waals surface area contributed by atoms with Gasteiger partial charge in [0, 0.05) is 10.8 Å². The number of halogens is 2. The normalized spacial score (nSPS) is 10.7. The molecule has 1 heterocycles. The summed E-state index contributed by atoms with van der Waals surface area (Å²) < 4.78 is 13.0. The van der Waals surface area contributed by atoms with Crippen molar-refractivity contribution < 1.29 is 4.39 Å². The highest BCUT2D eigenvalue weighted by Gasteiger charge is 2.04. The molecule has 0 radical (unpaired) electrons. The number of benzene rings is 1. The molecule has 0 aliphatic heterocycles. The molecule has 2 rings (SSSR count). The number of hydrogen-bond acceptors (Lipinski definition) is 2. The van der Waals surface area contributed by atoms with Crippen LogP contribution in [0.2, 0.25) is 5.15 Å². The van der Waals surface area contributed by atoms with E-state index in [2.05, 4.69) is 10.2 Å². The summed E-state index contributed by atoms with van der Waals surface area (Å²) in [7, 11) is 0. The summed E-state index contributed by atoms with van der Waals surface area (Å²) in [5.74, 6) is -0.306. The van der Waals surface area contributed by atoms with Crippen LogP contribution in [-0.2, 0) is 0 Å². The van der Waals surface area contributed by atoms with E-state index in [1.165, 1.54) is 12.1 Å². The van der Waals surface area contributed by atoms with Crippen molar-refractivity contribution in [3.63, 3.8) is 0 Å². The zero-order valence-corrected chi connectivity index (χ0v) is 7.64. The lowest BCUT2D eigenvalue weighted by Gasteiger charge is -2.01. The Morgan fingerprint density at radius 1 is 1.31 bits per heavy atom. The SMILES string of the molecule is Cc1cc(F)cc2c(Cl)nncc12. The van der Waals surface area contributed by atoms with Crippen molar-refractivity contribution in [2.24, 2.45) is 0 Å². The summed E-state index contributed by atoms with van der Waals surface area (Å²) in [4.78, 5) is 0. The first-order chi connectivity index (χ1) is 6.18. The van der Waals surface area contributed by atoms with Gasteiger partial charge in [-0.3, -0.25) is 0 Å². The Balaban J connectivity index is 2.94. The van der Waals surface area contributed by atoms with E-state index < -0.39 is 0 Å². The Morgan fingerprint density at radius 2 is 2.08 bits per heavy atom. The highest BCUT2D eigenvalue weighted by Crippen LogP contribution is 2.23. The number of aryl methyl sites for hydroxylation is 1. The second-order valence-electron chi connectivity index (χ2n) is 2.82. The quantitative estimate of drug-likeness (QED) is 0.648. The molecule has 2 nitrogen and oxygen atoms in total. The number of hydrogen-bond donors (Lipinski definition) is 0. The highest BCUT2D eigenvalue weighted by molar-refractivity contribution is 6.34. The van der Waals surface area contributed by atoms with Crippen molar-refractivity contribution in [1.82, 2.24) is 10.2 Å². The fourth-order valence-corrected chi connectivity index (χ4v) is 1.49. The zero-order chi connectivity index (χ0) is 9.42. The first-order valence-electron chi connectivity index (χ1n) is 3.75. The highest BCUT2D eigenvalue weighted by atomic mass is 35.5. The molecule has 0 unspecified atom stereocenters. The summed E-state index contributed by atoms with van der Waals surface area (Å²) in [5.41, 5.74) is 0.812. The average Bonchev–Trinajstić information content (AvgIpc) is 2.07. The molecule has 0 N–H and O–H groups in total. The molecular formula is C9H6ClFN2. The molecule has 0 saturated carbocycles. The number of aromatic nitrogens is 2. The molecule has 0 aliphatic carbocycles. The summed E-state index contributed by atoms with van der Waals surface area (Å²) in [5, 5.41) is 9.01. The monoisotopic (exact) mass is 196 g/mol. The van der Waals surface area contributed by atoms with Gasteiger partial charge in [0.2, 0.25) is 0 Å². The van der Waals surface area contributed by atoms with Gasteiger partial charge in [-0.15, -0.1) is 5.10 Å². The van der Waals surface area contributed by atoms with Gasteiger partial charge in [0.25, 0.3) is 0 Å². The van der Waals surface area contributed by atoms with Crippen LogP contribution in [0.5, 0.6) is 0 Å². The molecule has 0 spiro atoms. The molecule has 2 aromatic rings. The molecule has 1 aromatic heterocycles. The fraction of sp³-hybridized carbons (Fsp3) is 0.111. The molecule has 0 aliphatic rings. The summed E-state index contributed by atoms with van der Waals surface area (Å²) >= 11 is 5.76. The molecule has 13 heavy (non-hydrogen) atoms. The minimum Gasteiger partial charge on any atom is -0.207 e. The van der Waals surface area contributed by atoms with Gasteiger partial charge < -0.3 is 0 Å². The van der Waals surface area contributed by atoms with Crippen LogP contribution < -0.4 is 0 Å². The van der Waals surface area contributed by atoms with Crippen LogP contribution >= 0.6 is 11.6 Å². The topological polar surface area (TPSA) is 25.8 Å². The van der Waals surface area contributed by atoms with Gasteiger partial charge in [-0.05, 0) is 24.6 Å². The summed E-state index contributed by atoms with van der Waals surface area (Å²) in [6.45, 7) is 1.81. The molecule has 0 amide bonds. The Bertz CT molecular complexity index is 470. The van der Waals surface area contributed by atoms with Crippen LogP contribution in [0.1, 0.15) is 5.56 Å². The molecule has 4 heteroatoms. The van der Waals surface area contributed by atoms with Gasteiger partial charge in [0.05, 0.1) is 6.20 Å². The lowest BCUT2D eigenvalue weighted by molar-refractivity contribution is 0.628. The lowest BCUT2D eigenvalue weighted by Crippen LogP contribution is -1.88. The third-order valence-corrected chi connectivity index (χ3v) is 2.19. The molecule has 0 saturated heterocycles. The van der Waals surface area contributed by atoms with E-state index in [4.69, 9.17) is 11.6 Å². The predicted octanol–water partition coefficient (Wildman–Crippen LogP) is 2.73. The van der Waals surface area contributed by atoms with E-state index >= 15 is 0 Å². The van der Waals surface area contributed by atoms with Crippen molar-refractivity contribution in [1.29, 1.82) is 0 Å². The van der Waals surface area contributed by atoms with E-state index in [-0.39, 0.29) is 11.0 Å². The molecule has 0 bridgehead atoms. The zero-order valence-electron chi connectivity index (χ0n) is 6.88. The van der Waals surface area contributed by atoms with Crippen molar-refractivity contribution in [3.05, 3.63) is 34.9 Å². The minimum atomic E-state index is -0.306. The second kappa shape index (κ2) is 2.92. The Hall–Kier alpha value is -1.22. The minimum absolute atomic E-state index is 0.236. The van der Waals surface area contributed by atoms with Crippen LogP contribution in [0.3, 0.4) is 0 Å². The molecular weight excluding hydrogens is 191 g/mol. The van der Waals surface area contributed by atoms with Crippen molar-refractivity contribution in [2.75, 3.05) is 0 Å². The van der Waals surface area contributed by atoms with E-state index in [0.29, 0.717) is 5.39 Å². The Morgan fingerprint density at radius 3 is 2.85 bits per heavy atom. The van der Waals surface area contributed by atoms with Gasteiger partial charge >= 0.3 is 0 Å². The van der Waals surface area contributed by atoms with Crippen molar-refractivity contribution in [2.45, 2.75) is 6.92 Å². The lowest BCUT2D eigenvalue weighted by atomic mass is 10.1. The van der Waals surface area contributed by atoms with E-state index in [0.717, 1.165) is 10.9 Å². The van der Waals surface area contributed by atoms with Crippen LogP contribution in [0.15, 0.2) is 18.3 Å². The fourth-order valence-electron chi connectivity index (χ4n) is 1.29. The maximum atomic E-state index is 13.0. The Labute approximate surface area is 79.4 Å². The first kappa shape index (κ1) is 8.38. The van der Waals surface area contributed by atoms with Crippen molar-refractivity contribution >= 4 is 22.4 Å². The molecule has 1 aromatic carbocycles. The van der Waals surface area contributed by atoms with Gasteiger partial charge in [0.1, 0.15) is 5.82 Å². The third-order valence-electron chi connectivity index (χ3n) is 1.91. The molecule has 0 fully saturated rings. The third kappa shape index (κ3) is 1.35. The number of fused-ring (bicyclic) bond motifs is 1. The van der Waals surface area contributed by atoms with Crippen molar-refractivity contribution in [3.8, 4) is 0 Å². The average molecular weight is 197 g/mol. The van der Waals surface area contributed by atoms with E-state index in [1.54, 1.807) is 6.20 Å². The maximum Gasteiger partial charge on any atom is 0.159 e. The van der Waals surface area contributed by atoms with E-state index in [1.807, 2.05) is 6.92 Å². The maximum absolute atomic E-state index is 13.0. The van der Waals surface area contributed by atoms with Gasteiger partial charge in [-0.1, -0.05) is 11.6 Å². The molecule has 0 atom stereocenters.